The maximum Gasteiger partial charge on any atom is 0.166 e. The monoisotopic (exact) mass is 194 g/mol. The second-order valence-corrected chi connectivity index (χ2v) is 3.39. The molecular formula is C11H18N2O. The molecule has 0 radical (unpaired) electrons. The Morgan fingerprint density at radius 3 is 2.79 bits per heavy atom. The summed E-state index contributed by atoms with van der Waals surface area (Å²) in [5, 5.41) is 0. The highest BCUT2D eigenvalue weighted by molar-refractivity contribution is 5.46. The lowest BCUT2D eigenvalue weighted by atomic mass is 10.3. The fraction of sp³-hybridized carbons (Fsp3) is 0.545. The van der Waals surface area contributed by atoms with Crippen molar-refractivity contribution in [3.63, 3.8) is 0 Å². The standard InChI is InChI=1S/C11H18N2O/c1-3-4-5-8-14-10-7-6-9(2)13-11(10)12/h6-7H,3-5,8H2,1-2H3,(H2,12,13). The lowest BCUT2D eigenvalue weighted by molar-refractivity contribution is 0.307. The van der Waals surface area contributed by atoms with Crippen molar-refractivity contribution < 1.29 is 4.74 Å². The Labute approximate surface area is 85.3 Å². The smallest absolute Gasteiger partial charge is 0.166 e. The molecule has 78 valence electrons. The molecule has 0 aliphatic carbocycles. The summed E-state index contributed by atoms with van der Waals surface area (Å²) < 4.78 is 5.51. The summed E-state index contributed by atoms with van der Waals surface area (Å²) in [4.78, 5) is 4.13. The van der Waals surface area contributed by atoms with Gasteiger partial charge in [-0.1, -0.05) is 19.8 Å². The Hall–Kier alpha value is -1.25. The quantitative estimate of drug-likeness (QED) is 0.733. The van der Waals surface area contributed by atoms with Crippen LogP contribution in [0.15, 0.2) is 12.1 Å². The van der Waals surface area contributed by atoms with Gasteiger partial charge in [0.05, 0.1) is 6.61 Å². The molecule has 0 atom stereocenters. The highest BCUT2D eigenvalue weighted by Crippen LogP contribution is 2.18. The van der Waals surface area contributed by atoms with Crippen molar-refractivity contribution in [3.8, 4) is 5.75 Å². The van der Waals surface area contributed by atoms with Crippen LogP contribution in [-0.2, 0) is 0 Å². The summed E-state index contributed by atoms with van der Waals surface area (Å²) in [7, 11) is 0. The summed E-state index contributed by atoms with van der Waals surface area (Å²) in [5.74, 6) is 1.19. The minimum atomic E-state index is 0.487. The van der Waals surface area contributed by atoms with E-state index in [0.717, 1.165) is 18.7 Å². The van der Waals surface area contributed by atoms with Gasteiger partial charge in [0, 0.05) is 5.69 Å². The van der Waals surface area contributed by atoms with Gasteiger partial charge in [-0.25, -0.2) is 4.98 Å². The minimum absolute atomic E-state index is 0.487. The van der Waals surface area contributed by atoms with E-state index >= 15 is 0 Å². The topological polar surface area (TPSA) is 48.1 Å². The Morgan fingerprint density at radius 1 is 1.36 bits per heavy atom. The largest absolute Gasteiger partial charge is 0.490 e. The Balaban J connectivity index is 2.42. The number of anilines is 1. The second-order valence-electron chi connectivity index (χ2n) is 3.39. The lowest BCUT2D eigenvalue weighted by Gasteiger charge is -2.07. The third-order valence-electron chi connectivity index (χ3n) is 2.03. The molecule has 14 heavy (non-hydrogen) atoms. The predicted octanol–water partition coefficient (Wildman–Crippen LogP) is 2.54. The molecule has 0 amide bonds. The van der Waals surface area contributed by atoms with Gasteiger partial charge in [0.25, 0.3) is 0 Å². The van der Waals surface area contributed by atoms with Crippen LogP contribution in [0.25, 0.3) is 0 Å². The van der Waals surface area contributed by atoms with Crippen LogP contribution in [0.4, 0.5) is 5.82 Å². The van der Waals surface area contributed by atoms with E-state index in [0.29, 0.717) is 11.6 Å². The van der Waals surface area contributed by atoms with E-state index in [-0.39, 0.29) is 0 Å². The first-order valence-corrected chi connectivity index (χ1v) is 5.10. The van der Waals surface area contributed by atoms with Crippen LogP contribution >= 0.6 is 0 Å². The van der Waals surface area contributed by atoms with Crippen molar-refractivity contribution in [2.24, 2.45) is 0 Å². The maximum atomic E-state index is 5.70. The van der Waals surface area contributed by atoms with Crippen LogP contribution in [0.5, 0.6) is 5.75 Å². The van der Waals surface area contributed by atoms with Gasteiger partial charge >= 0.3 is 0 Å². The first kappa shape index (κ1) is 10.8. The Kier molecular flexibility index (Phi) is 4.23. The molecule has 3 nitrogen and oxygen atoms in total. The van der Waals surface area contributed by atoms with Crippen molar-refractivity contribution in [2.75, 3.05) is 12.3 Å². The summed E-state index contributed by atoms with van der Waals surface area (Å²) in [6, 6.07) is 3.79. The normalized spacial score (nSPS) is 10.1. The minimum Gasteiger partial charge on any atom is -0.490 e. The number of hydrogen-bond acceptors (Lipinski definition) is 3. The zero-order valence-corrected chi connectivity index (χ0v) is 8.92. The lowest BCUT2D eigenvalue weighted by Crippen LogP contribution is -2.02. The molecule has 3 heteroatoms. The number of nitrogens with two attached hydrogens (primary N) is 1. The Morgan fingerprint density at radius 2 is 2.14 bits per heavy atom. The molecule has 0 bridgehead atoms. The van der Waals surface area contributed by atoms with Crippen LogP contribution < -0.4 is 10.5 Å². The molecule has 0 aromatic carbocycles. The molecule has 2 N–H and O–H groups in total. The van der Waals surface area contributed by atoms with Gasteiger partial charge in [-0.3, -0.25) is 0 Å². The molecule has 0 saturated heterocycles. The van der Waals surface area contributed by atoms with Gasteiger partial charge in [0.2, 0.25) is 0 Å². The van der Waals surface area contributed by atoms with Crippen molar-refractivity contribution in [1.29, 1.82) is 0 Å². The molecule has 0 saturated carbocycles. The van der Waals surface area contributed by atoms with Gasteiger partial charge in [0.15, 0.2) is 11.6 Å². The van der Waals surface area contributed by atoms with Crippen molar-refractivity contribution in [2.45, 2.75) is 33.1 Å². The second kappa shape index (κ2) is 5.47. The Bertz CT molecular complexity index is 287. The summed E-state index contributed by atoms with van der Waals surface area (Å²) in [5.41, 5.74) is 6.62. The molecule has 1 aromatic rings. The first-order valence-electron chi connectivity index (χ1n) is 5.10. The van der Waals surface area contributed by atoms with E-state index in [1.54, 1.807) is 0 Å². The van der Waals surface area contributed by atoms with Crippen LogP contribution in [-0.4, -0.2) is 11.6 Å². The summed E-state index contributed by atoms with van der Waals surface area (Å²) >= 11 is 0. The number of pyridine rings is 1. The predicted molar refractivity (Wildman–Crippen MR) is 58.4 cm³/mol. The molecule has 0 unspecified atom stereocenters. The van der Waals surface area contributed by atoms with Gasteiger partial charge in [-0.05, 0) is 25.5 Å². The molecule has 0 spiro atoms. The average Bonchev–Trinajstić information content (AvgIpc) is 2.15. The van der Waals surface area contributed by atoms with Gasteiger partial charge in [-0.15, -0.1) is 0 Å². The van der Waals surface area contributed by atoms with E-state index in [2.05, 4.69) is 11.9 Å². The molecule has 1 aromatic heterocycles. The molecule has 1 heterocycles. The van der Waals surface area contributed by atoms with Crippen LogP contribution in [0.3, 0.4) is 0 Å². The van der Waals surface area contributed by atoms with E-state index < -0.39 is 0 Å². The summed E-state index contributed by atoms with van der Waals surface area (Å²) in [6.07, 6.45) is 3.47. The van der Waals surface area contributed by atoms with Gasteiger partial charge < -0.3 is 10.5 Å². The van der Waals surface area contributed by atoms with E-state index in [9.17, 15) is 0 Å². The van der Waals surface area contributed by atoms with Gasteiger partial charge in [-0.2, -0.15) is 0 Å². The third-order valence-corrected chi connectivity index (χ3v) is 2.03. The van der Waals surface area contributed by atoms with Crippen molar-refractivity contribution in [3.05, 3.63) is 17.8 Å². The van der Waals surface area contributed by atoms with Crippen LogP contribution in [0.2, 0.25) is 0 Å². The number of aromatic nitrogens is 1. The third kappa shape index (κ3) is 3.24. The van der Waals surface area contributed by atoms with Crippen LogP contribution in [0, 0.1) is 6.92 Å². The number of rotatable bonds is 5. The number of hydrogen-bond donors (Lipinski definition) is 1. The average molecular weight is 194 g/mol. The molecule has 0 aliphatic heterocycles. The number of ether oxygens (including phenoxy) is 1. The number of nitrogens with zero attached hydrogens (tertiary/aromatic N) is 1. The number of unbranched alkanes of at least 4 members (excludes halogenated alkanes) is 2. The van der Waals surface area contributed by atoms with Gasteiger partial charge in [0.1, 0.15) is 0 Å². The SMILES string of the molecule is CCCCCOc1ccc(C)nc1N. The molecule has 0 fully saturated rings. The number of aryl methyl sites for hydroxylation is 1. The molecule has 0 aliphatic rings. The summed E-state index contributed by atoms with van der Waals surface area (Å²) in [6.45, 7) is 4.81. The fourth-order valence-electron chi connectivity index (χ4n) is 1.22. The molecular weight excluding hydrogens is 176 g/mol. The van der Waals surface area contributed by atoms with Crippen molar-refractivity contribution >= 4 is 5.82 Å². The molecule has 1 rings (SSSR count). The van der Waals surface area contributed by atoms with Crippen LogP contribution in [0.1, 0.15) is 31.9 Å². The number of nitrogen functional groups attached to an aromatic ring is 1. The van der Waals surface area contributed by atoms with E-state index in [1.807, 2.05) is 19.1 Å². The highest BCUT2D eigenvalue weighted by Gasteiger charge is 2.00. The van der Waals surface area contributed by atoms with E-state index in [1.165, 1.54) is 12.8 Å². The van der Waals surface area contributed by atoms with E-state index in [4.69, 9.17) is 10.5 Å². The first-order chi connectivity index (χ1) is 6.74. The highest BCUT2D eigenvalue weighted by atomic mass is 16.5. The van der Waals surface area contributed by atoms with Crippen molar-refractivity contribution in [1.82, 2.24) is 4.98 Å². The maximum absolute atomic E-state index is 5.70. The zero-order valence-electron chi connectivity index (χ0n) is 8.92. The fourth-order valence-corrected chi connectivity index (χ4v) is 1.22. The zero-order chi connectivity index (χ0) is 10.4.